The summed E-state index contributed by atoms with van der Waals surface area (Å²) in [6.45, 7) is 5.00. The van der Waals surface area contributed by atoms with E-state index < -0.39 is 0 Å². The molecular weight excluding hydrogens is 232 g/mol. The Balaban J connectivity index is 2.70. The lowest BCUT2D eigenvalue weighted by molar-refractivity contribution is -0.121. The van der Waals surface area contributed by atoms with Gasteiger partial charge in [0.25, 0.3) is 0 Å². The smallest absolute Gasteiger partial charge is 0.223 e. The van der Waals surface area contributed by atoms with Gasteiger partial charge in [0.05, 0.1) is 5.69 Å². The van der Waals surface area contributed by atoms with Gasteiger partial charge < -0.3 is 15.0 Å². The van der Waals surface area contributed by atoms with E-state index in [0.29, 0.717) is 31.6 Å². The fourth-order valence-electron chi connectivity index (χ4n) is 1.76. The highest BCUT2D eigenvalue weighted by molar-refractivity contribution is 5.75. The molecule has 1 heterocycles. The topological polar surface area (TPSA) is 71.3 Å². The molecule has 5 heteroatoms. The second-order valence-corrected chi connectivity index (χ2v) is 4.12. The van der Waals surface area contributed by atoms with Gasteiger partial charge in [0.2, 0.25) is 11.3 Å². The van der Waals surface area contributed by atoms with Crippen LogP contribution in [0.4, 0.5) is 0 Å². The molecule has 0 saturated heterocycles. The van der Waals surface area contributed by atoms with Crippen LogP contribution < -0.4 is 10.7 Å². The maximum Gasteiger partial charge on any atom is 0.223 e. The minimum absolute atomic E-state index is 0.0166. The molecule has 2 N–H and O–H groups in total. The number of aromatic hydroxyl groups is 1. The molecule has 0 saturated carbocycles. The molecular formula is C13H20N2O3. The summed E-state index contributed by atoms with van der Waals surface area (Å²) in [4.78, 5) is 22.8. The molecule has 5 nitrogen and oxygen atoms in total. The van der Waals surface area contributed by atoms with E-state index >= 15 is 0 Å². The van der Waals surface area contributed by atoms with Crippen molar-refractivity contribution >= 4 is 5.91 Å². The molecule has 0 atom stereocenters. The molecule has 0 radical (unpaired) electrons. The Labute approximate surface area is 106 Å². The highest BCUT2D eigenvalue weighted by Crippen LogP contribution is 2.12. The standard InChI is InChI=1S/C13H20N2O3/c1-3-7-14-12(17)6-9-15-8-5-11(16)13(18)10(15)4-2/h5,8,18H,3-4,6-7,9H2,1-2H3,(H,14,17). The number of carbonyl (C=O) groups is 1. The SMILES string of the molecule is CCCNC(=O)CCn1ccc(=O)c(O)c1CC. The van der Waals surface area contributed by atoms with Crippen LogP contribution in [0.15, 0.2) is 17.1 Å². The van der Waals surface area contributed by atoms with Crippen LogP contribution in [-0.4, -0.2) is 22.1 Å². The number of aryl methyl sites for hydroxylation is 1. The van der Waals surface area contributed by atoms with Crippen molar-refractivity contribution in [2.45, 2.75) is 39.7 Å². The molecule has 0 aliphatic heterocycles. The number of aromatic nitrogens is 1. The molecule has 0 fully saturated rings. The highest BCUT2D eigenvalue weighted by Gasteiger charge is 2.09. The first kappa shape index (κ1) is 14.3. The van der Waals surface area contributed by atoms with E-state index in [0.717, 1.165) is 6.42 Å². The van der Waals surface area contributed by atoms with E-state index in [4.69, 9.17) is 0 Å². The molecule has 1 aromatic heterocycles. The molecule has 0 aromatic carbocycles. The summed E-state index contributed by atoms with van der Waals surface area (Å²) < 4.78 is 1.75. The largest absolute Gasteiger partial charge is 0.503 e. The van der Waals surface area contributed by atoms with Gasteiger partial charge in [-0.15, -0.1) is 0 Å². The first-order chi connectivity index (χ1) is 8.60. The highest BCUT2D eigenvalue weighted by atomic mass is 16.3. The van der Waals surface area contributed by atoms with Crippen molar-refractivity contribution in [3.05, 3.63) is 28.2 Å². The first-order valence-electron chi connectivity index (χ1n) is 6.28. The zero-order chi connectivity index (χ0) is 13.5. The van der Waals surface area contributed by atoms with Gasteiger partial charge in [0, 0.05) is 31.8 Å². The molecule has 1 aromatic rings. The first-order valence-corrected chi connectivity index (χ1v) is 6.28. The molecule has 0 unspecified atom stereocenters. The van der Waals surface area contributed by atoms with Crippen LogP contribution in [0.25, 0.3) is 0 Å². The average Bonchev–Trinajstić information content (AvgIpc) is 2.37. The lowest BCUT2D eigenvalue weighted by Crippen LogP contribution is -2.25. The summed E-state index contributed by atoms with van der Waals surface area (Å²) in [5.74, 6) is -0.231. The number of nitrogens with zero attached hydrogens (tertiary/aromatic N) is 1. The maximum absolute atomic E-state index is 11.5. The third kappa shape index (κ3) is 3.61. The minimum atomic E-state index is -0.376. The third-order valence-electron chi connectivity index (χ3n) is 2.75. The lowest BCUT2D eigenvalue weighted by Gasteiger charge is -2.13. The van der Waals surface area contributed by atoms with Crippen molar-refractivity contribution < 1.29 is 9.90 Å². The van der Waals surface area contributed by atoms with Gasteiger partial charge in [-0.1, -0.05) is 13.8 Å². The van der Waals surface area contributed by atoms with Gasteiger partial charge in [-0.25, -0.2) is 0 Å². The van der Waals surface area contributed by atoms with Crippen LogP contribution in [0.5, 0.6) is 5.75 Å². The quantitative estimate of drug-likeness (QED) is 0.794. The van der Waals surface area contributed by atoms with Crippen LogP contribution in [0.2, 0.25) is 0 Å². The number of carbonyl (C=O) groups excluding carboxylic acids is 1. The number of nitrogens with one attached hydrogen (secondary N) is 1. The van der Waals surface area contributed by atoms with Crippen LogP contribution in [-0.2, 0) is 17.8 Å². The summed E-state index contributed by atoms with van der Waals surface area (Å²) in [5, 5.41) is 12.4. The van der Waals surface area contributed by atoms with Crippen molar-refractivity contribution in [3.63, 3.8) is 0 Å². The number of hydrogen-bond donors (Lipinski definition) is 2. The number of amides is 1. The van der Waals surface area contributed by atoms with Crippen LogP contribution >= 0.6 is 0 Å². The van der Waals surface area contributed by atoms with Gasteiger partial charge in [0.15, 0.2) is 5.75 Å². The van der Waals surface area contributed by atoms with E-state index in [9.17, 15) is 14.7 Å². The van der Waals surface area contributed by atoms with Crippen molar-refractivity contribution in [3.8, 4) is 5.75 Å². The van der Waals surface area contributed by atoms with Crippen molar-refractivity contribution in [1.82, 2.24) is 9.88 Å². The monoisotopic (exact) mass is 252 g/mol. The molecule has 1 amide bonds. The summed E-state index contributed by atoms with van der Waals surface area (Å²) in [7, 11) is 0. The summed E-state index contributed by atoms with van der Waals surface area (Å²) in [6, 6.07) is 1.32. The molecule has 18 heavy (non-hydrogen) atoms. The molecule has 1 rings (SSSR count). The average molecular weight is 252 g/mol. The predicted octanol–water partition coefficient (Wildman–Crippen LogP) is 1.03. The zero-order valence-electron chi connectivity index (χ0n) is 10.9. The summed E-state index contributed by atoms with van der Waals surface area (Å²) >= 11 is 0. The van der Waals surface area contributed by atoms with Crippen molar-refractivity contribution in [2.24, 2.45) is 0 Å². The van der Waals surface area contributed by atoms with E-state index in [-0.39, 0.29) is 17.1 Å². The molecule has 0 aliphatic rings. The number of rotatable bonds is 6. The summed E-state index contributed by atoms with van der Waals surface area (Å²) in [6.07, 6.45) is 3.42. The Kier molecular flexibility index (Phi) is 5.42. The Morgan fingerprint density at radius 3 is 2.78 bits per heavy atom. The van der Waals surface area contributed by atoms with Gasteiger partial charge in [0.1, 0.15) is 0 Å². The Bertz CT molecular complexity index is 466. The zero-order valence-corrected chi connectivity index (χ0v) is 10.9. The van der Waals surface area contributed by atoms with E-state index in [1.54, 1.807) is 10.8 Å². The number of pyridine rings is 1. The summed E-state index contributed by atoms with van der Waals surface area (Å²) in [5.41, 5.74) is 0.198. The lowest BCUT2D eigenvalue weighted by atomic mass is 10.2. The van der Waals surface area contributed by atoms with Crippen LogP contribution in [0.1, 0.15) is 32.4 Å². The van der Waals surface area contributed by atoms with E-state index in [1.807, 2.05) is 13.8 Å². The fraction of sp³-hybridized carbons (Fsp3) is 0.538. The maximum atomic E-state index is 11.5. The number of hydrogen-bond acceptors (Lipinski definition) is 3. The Hall–Kier alpha value is -1.78. The van der Waals surface area contributed by atoms with Crippen molar-refractivity contribution in [1.29, 1.82) is 0 Å². The van der Waals surface area contributed by atoms with Crippen LogP contribution in [0.3, 0.4) is 0 Å². The minimum Gasteiger partial charge on any atom is -0.503 e. The van der Waals surface area contributed by atoms with Gasteiger partial charge in [-0.3, -0.25) is 9.59 Å². The Morgan fingerprint density at radius 2 is 2.17 bits per heavy atom. The van der Waals surface area contributed by atoms with Crippen LogP contribution in [0, 0.1) is 0 Å². The normalized spacial score (nSPS) is 10.3. The van der Waals surface area contributed by atoms with E-state index in [2.05, 4.69) is 5.32 Å². The third-order valence-corrected chi connectivity index (χ3v) is 2.75. The second-order valence-electron chi connectivity index (χ2n) is 4.12. The van der Waals surface area contributed by atoms with Gasteiger partial charge in [-0.05, 0) is 12.8 Å². The molecule has 0 aliphatic carbocycles. The Morgan fingerprint density at radius 1 is 1.44 bits per heavy atom. The van der Waals surface area contributed by atoms with Gasteiger partial charge >= 0.3 is 0 Å². The fourth-order valence-corrected chi connectivity index (χ4v) is 1.76. The predicted molar refractivity (Wildman–Crippen MR) is 69.7 cm³/mol. The molecule has 0 bridgehead atoms. The van der Waals surface area contributed by atoms with E-state index in [1.165, 1.54) is 6.07 Å². The molecule has 0 spiro atoms. The van der Waals surface area contributed by atoms with Gasteiger partial charge in [-0.2, -0.15) is 0 Å². The second kappa shape index (κ2) is 6.83. The van der Waals surface area contributed by atoms with Crippen molar-refractivity contribution in [2.75, 3.05) is 6.54 Å². The molecule has 100 valence electrons.